The molecular formula is C23H18N4O3. The highest BCUT2D eigenvalue weighted by Crippen LogP contribution is 2.21. The van der Waals surface area contributed by atoms with Gasteiger partial charge in [0, 0.05) is 46.9 Å². The molecule has 7 nitrogen and oxygen atoms in total. The first-order valence-corrected chi connectivity index (χ1v) is 9.31. The predicted octanol–water partition coefficient (Wildman–Crippen LogP) is 4.36. The number of nitrogens with one attached hydrogen (secondary N) is 1. The lowest BCUT2D eigenvalue weighted by molar-refractivity contribution is -0.384. The molecule has 30 heavy (non-hydrogen) atoms. The van der Waals surface area contributed by atoms with Gasteiger partial charge in [-0.1, -0.05) is 54.6 Å². The van der Waals surface area contributed by atoms with E-state index in [1.54, 1.807) is 6.21 Å². The summed E-state index contributed by atoms with van der Waals surface area (Å²) in [5.41, 5.74) is 5.57. The molecule has 4 rings (SSSR count). The van der Waals surface area contributed by atoms with Crippen LogP contribution in [-0.2, 0) is 6.54 Å². The van der Waals surface area contributed by atoms with Crippen molar-refractivity contribution in [3.63, 3.8) is 0 Å². The summed E-state index contributed by atoms with van der Waals surface area (Å²) in [4.78, 5) is 22.6. The van der Waals surface area contributed by atoms with E-state index in [9.17, 15) is 14.9 Å². The largest absolute Gasteiger partial charge is 0.342 e. The fraction of sp³-hybridized carbons (Fsp3) is 0.0435. The highest BCUT2D eigenvalue weighted by atomic mass is 16.6. The van der Waals surface area contributed by atoms with Gasteiger partial charge in [-0.15, -0.1) is 0 Å². The van der Waals surface area contributed by atoms with Crippen molar-refractivity contribution in [2.24, 2.45) is 5.10 Å². The Morgan fingerprint density at radius 2 is 1.80 bits per heavy atom. The molecule has 1 amide bonds. The lowest BCUT2D eigenvalue weighted by Gasteiger charge is -2.05. The van der Waals surface area contributed by atoms with Crippen LogP contribution in [0.4, 0.5) is 5.69 Å². The molecular weight excluding hydrogens is 380 g/mol. The molecule has 3 aromatic carbocycles. The highest BCUT2D eigenvalue weighted by Gasteiger charge is 2.11. The smallest absolute Gasteiger partial charge is 0.271 e. The first-order chi connectivity index (χ1) is 14.6. The Labute approximate surface area is 172 Å². The summed E-state index contributed by atoms with van der Waals surface area (Å²) in [6.45, 7) is 0.717. The zero-order valence-corrected chi connectivity index (χ0v) is 15.9. The number of hydrogen-bond donors (Lipinski definition) is 1. The molecule has 0 unspecified atom stereocenters. The van der Waals surface area contributed by atoms with Gasteiger partial charge in [-0.05, 0) is 17.7 Å². The number of rotatable bonds is 6. The minimum atomic E-state index is -0.540. The van der Waals surface area contributed by atoms with Crippen molar-refractivity contribution in [2.45, 2.75) is 6.54 Å². The standard InChI is InChI=1S/C23H18N4O3/c28-23(18-9-6-10-20(13-18)27(29)30)25-24-14-19-16-26(15-17-7-2-1-3-8-17)22-12-5-4-11-21(19)22/h1-14,16H,15H2,(H,25,28)/b24-14+. The number of para-hydroxylation sites is 1. The highest BCUT2D eigenvalue weighted by molar-refractivity contribution is 6.00. The van der Waals surface area contributed by atoms with Crippen molar-refractivity contribution in [3.8, 4) is 0 Å². The van der Waals surface area contributed by atoms with Gasteiger partial charge < -0.3 is 4.57 Å². The van der Waals surface area contributed by atoms with Crippen LogP contribution in [0.25, 0.3) is 10.9 Å². The molecule has 0 aliphatic heterocycles. The number of carbonyl (C=O) groups is 1. The number of hydrazone groups is 1. The van der Waals surface area contributed by atoms with Gasteiger partial charge in [0.2, 0.25) is 0 Å². The second-order valence-corrected chi connectivity index (χ2v) is 6.72. The Morgan fingerprint density at radius 3 is 2.60 bits per heavy atom. The molecule has 1 N–H and O–H groups in total. The van der Waals surface area contributed by atoms with Crippen molar-refractivity contribution in [2.75, 3.05) is 0 Å². The average molecular weight is 398 g/mol. The SMILES string of the molecule is O=C(N/N=C/c1cn(Cc2ccccc2)c2ccccc12)c1cccc([N+](=O)[O-])c1. The van der Waals surface area contributed by atoms with Gasteiger partial charge in [-0.2, -0.15) is 5.10 Å². The molecule has 0 radical (unpaired) electrons. The number of hydrogen-bond acceptors (Lipinski definition) is 4. The first-order valence-electron chi connectivity index (χ1n) is 9.31. The molecule has 0 bridgehead atoms. The van der Waals surface area contributed by atoms with E-state index >= 15 is 0 Å². The second kappa shape index (κ2) is 8.40. The molecule has 0 aliphatic rings. The van der Waals surface area contributed by atoms with Crippen molar-refractivity contribution in [1.29, 1.82) is 0 Å². The monoisotopic (exact) mass is 398 g/mol. The molecule has 1 heterocycles. The first kappa shape index (κ1) is 19.1. The zero-order chi connectivity index (χ0) is 20.9. The number of aromatic nitrogens is 1. The summed E-state index contributed by atoms with van der Waals surface area (Å²) in [5.74, 6) is -0.511. The molecule has 7 heteroatoms. The second-order valence-electron chi connectivity index (χ2n) is 6.72. The van der Waals surface area contributed by atoms with Gasteiger partial charge in [0.1, 0.15) is 0 Å². The number of nitro groups is 1. The van der Waals surface area contributed by atoms with Crippen molar-refractivity contribution < 1.29 is 9.72 Å². The molecule has 4 aromatic rings. The van der Waals surface area contributed by atoms with E-state index in [0.717, 1.165) is 23.0 Å². The maximum atomic E-state index is 12.3. The fourth-order valence-corrected chi connectivity index (χ4v) is 3.27. The fourth-order valence-electron chi connectivity index (χ4n) is 3.27. The zero-order valence-electron chi connectivity index (χ0n) is 15.9. The summed E-state index contributed by atoms with van der Waals surface area (Å²) in [6.07, 6.45) is 3.57. The van der Waals surface area contributed by atoms with E-state index in [-0.39, 0.29) is 11.3 Å². The number of nitrogens with zero attached hydrogens (tertiary/aromatic N) is 3. The van der Waals surface area contributed by atoms with E-state index in [0.29, 0.717) is 0 Å². The van der Waals surface area contributed by atoms with Crippen LogP contribution < -0.4 is 5.43 Å². The molecule has 0 saturated carbocycles. The third-order valence-electron chi connectivity index (χ3n) is 4.70. The number of benzene rings is 3. The van der Waals surface area contributed by atoms with Gasteiger partial charge in [0.05, 0.1) is 11.1 Å². The average Bonchev–Trinajstić information content (AvgIpc) is 3.12. The van der Waals surface area contributed by atoms with Crippen LogP contribution in [0.2, 0.25) is 0 Å². The van der Waals surface area contributed by atoms with Crippen molar-refractivity contribution >= 4 is 28.7 Å². The number of carbonyl (C=O) groups excluding carboxylic acids is 1. The summed E-state index contributed by atoms with van der Waals surface area (Å²) in [7, 11) is 0. The normalized spacial score (nSPS) is 11.1. The summed E-state index contributed by atoms with van der Waals surface area (Å²) >= 11 is 0. The van der Waals surface area contributed by atoms with Crippen molar-refractivity contribution in [3.05, 3.63) is 112 Å². The van der Waals surface area contributed by atoms with Crippen LogP contribution in [0.15, 0.2) is 90.2 Å². The molecule has 0 aliphatic carbocycles. The third kappa shape index (κ3) is 4.10. The Morgan fingerprint density at radius 1 is 1.03 bits per heavy atom. The van der Waals surface area contributed by atoms with Crippen LogP contribution in [0.1, 0.15) is 21.5 Å². The lowest BCUT2D eigenvalue weighted by atomic mass is 10.2. The van der Waals surface area contributed by atoms with Gasteiger partial charge in [-0.3, -0.25) is 14.9 Å². The van der Waals surface area contributed by atoms with E-state index in [2.05, 4.69) is 27.2 Å². The summed E-state index contributed by atoms with van der Waals surface area (Å²) < 4.78 is 2.13. The van der Waals surface area contributed by atoms with E-state index in [1.807, 2.05) is 48.7 Å². The van der Waals surface area contributed by atoms with E-state index in [4.69, 9.17) is 0 Å². The maximum absolute atomic E-state index is 12.3. The quantitative estimate of drug-likeness (QED) is 0.297. The van der Waals surface area contributed by atoms with Crippen molar-refractivity contribution in [1.82, 2.24) is 9.99 Å². The molecule has 0 spiro atoms. The van der Waals surface area contributed by atoms with Gasteiger partial charge in [0.15, 0.2) is 0 Å². The maximum Gasteiger partial charge on any atom is 0.271 e. The Kier molecular flexibility index (Phi) is 5.34. The van der Waals surface area contributed by atoms with Gasteiger partial charge in [0.25, 0.3) is 11.6 Å². The molecule has 0 fully saturated rings. The topological polar surface area (TPSA) is 89.5 Å². The number of amides is 1. The van der Waals surface area contributed by atoms with E-state index in [1.165, 1.54) is 29.8 Å². The molecule has 0 saturated heterocycles. The minimum absolute atomic E-state index is 0.143. The predicted molar refractivity (Wildman–Crippen MR) is 116 cm³/mol. The van der Waals surface area contributed by atoms with Crippen LogP contribution in [0.5, 0.6) is 0 Å². The third-order valence-corrected chi connectivity index (χ3v) is 4.70. The molecule has 0 atom stereocenters. The van der Waals surface area contributed by atoms with Crippen LogP contribution in [0, 0.1) is 10.1 Å². The number of nitro benzene ring substituents is 1. The number of fused-ring (bicyclic) bond motifs is 1. The van der Waals surface area contributed by atoms with Gasteiger partial charge in [-0.25, -0.2) is 5.43 Å². The van der Waals surface area contributed by atoms with Gasteiger partial charge >= 0.3 is 0 Å². The lowest BCUT2D eigenvalue weighted by Crippen LogP contribution is -2.17. The van der Waals surface area contributed by atoms with Crippen LogP contribution in [0.3, 0.4) is 0 Å². The Balaban J connectivity index is 1.55. The van der Waals surface area contributed by atoms with Crippen LogP contribution >= 0.6 is 0 Å². The summed E-state index contributed by atoms with van der Waals surface area (Å²) in [6, 6.07) is 23.6. The Bertz CT molecular complexity index is 1250. The van der Waals surface area contributed by atoms with Crippen LogP contribution in [-0.4, -0.2) is 21.6 Å². The molecule has 148 valence electrons. The van der Waals surface area contributed by atoms with E-state index < -0.39 is 10.8 Å². The molecule has 1 aromatic heterocycles. The Hall–Kier alpha value is -4.26. The summed E-state index contributed by atoms with van der Waals surface area (Å²) in [5, 5.41) is 15.9. The number of non-ortho nitro benzene ring substituents is 1. The minimum Gasteiger partial charge on any atom is -0.342 e.